The van der Waals surface area contributed by atoms with Crippen molar-refractivity contribution in [2.24, 2.45) is 0 Å². The highest BCUT2D eigenvalue weighted by atomic mass is 16.7. The number of carbonyl (C=O) groups excluding carboxylic acids is 1. The van der Waals surface area contributed by atoms with Crippen LogP contribution in [0.5, 0.6) is 11.5 Å². The molecule has 0 amide bonds. The molecule has 5 nitrogen and oxygen atoms in total. The zero-order valence-corrected chi connectivity index (χ0v) is 7.01. The average molecular weight is 194 g/mol. The molecule has 0 atom stereocenters. The smallest absolute Gasteiger partial charge is 0.469 e. The van der Waals surface area contributed by atoms with Gasteiger partial charge in [-0.3, -0.25) is 0 Å². The zero-order chi connectivity index (χ0) is 9.80. The van der Waals surface area contributed by atoms with E-state index in [1.807, 2.05) is 0 Å². The van der Waals surface area contributed by atoms with Crippen molar-refractivity contribution in [3.63, 3.8) is 0 Å². The monoisotopic (exact) mass is 194 g/mol. The molecule has 0 N–H and O–H groups in total. The Morgan fingerprint density at radius 1 is 1.00 bits per heavy atom. The molecule has 2 aromatic rings. The third-order valence-corrected chi connectivity index (χ3v) is 1.39. The number of rotatable bonds is 2. The predicted molar refractivity (Wildman–Crippen MR) is 44.1 cm³/mol. The van der Waals surface area contributed by atoms with Gasteiger partial charge in [0.25, 0.3) is 0 Å². The summed E-state index contributed by atoms with van der Waals surface area (Å²) in [4.78, 5) is 11.0. The van der Waals surface area contributed by atoms with Crippen LogP contribution >= 0.6 is 0 Å². The van der Waals surface area contributed by atoms with Crippen molar-refractivity contribution >= 4 is 6.16 Å². The fourth-order valence-electron chi connectivity index (χ4n) is 0.833. The quantitative estimate of drug-likeness (QED) is 0.687. The molecule has 0 saturated carbocycles. The highest BCUT2D eigenvalue weighted by Crippen LogP contribution is 2.14. The van der Waals surface area contributed by atoms with Gasteiger partial charge in [-0.15, -0.1) is 0 Å². The van der Waals surface area contributed by atoms with Gasteiger partial charge in [-0.1, -0.05) is 0 Å². The van der Waals surface area contributed by atoms with Gasteiger partial charge < -0.3 is 18.3 Å². The lowest BCUT2D eigenvalue weighted by atomic mass is 10.6. The molecule has 0 fully saturated rings. The van der Waals surface area contributed by atoms with Crippen molar-refractivity contribution in [2.75, 3.05) is 0 Å². The summed E-state index contributed by atoms with van der Waals surface area (Å²) in [5.41, 5.74) is 0. The minimum atomic E-state index is -0.840. The van der Waals surface area contributed by atoms with Gasteiger partial charge in [0.1, 0.15) is 12.5 Å². The number of hydrogen-bond donors (Lipinski definition) is 0. The zero-order valence-electron chi connectivity index (χ0n) is 7.01. The van der Waals surface area contributed by atoms with Crippen LogP contribution in [0.2, 0.25) is 0 Å². The number of carbonyl (C=O) groups is 1. The molecule has 72 valence electrons. The average Bonchev–Trinajstić information content (AvgIpc) is 2.76. The van der Waals surface area contributed by atoms with Crippen LogP contribution in [-0.2, 0) is 0 Å². The summed E-state index contributed by atoms with van der Waals surface area (Å²) in [7, 11) is 0. The van der Waals surface area contributed by atoms with Crippen LogP contribution in [0, 0.1) is 0 Å². The van der Waals surface area contributed by atoms with Crippen LogP contribution in [-0.4, -0.2) is 6.16 Å². The van der Waals surface area contributed by atoms with Crippen molar-refractivity contribution < 1.29 is 23.1 Å². The van der Waals surface area contributed by atoms with Gasteiger partial charge in [0.15, 0.2) is 11.5 Å². The summed E-state index contributed by atoms with van der Waals surface area (Å²) < 4.78 is 18.9. The van der Waals surface area contributed by atoms with Crippen molar-refractivity contribution in [1.29, 1.82) is 0 Å². The second-order valence-electron chi connectivity index (χ2n) is 2.37. The maximum absolute atomic E-state index is 11.0. The van der Waals surface area contributed by atoms with Gasteiger partial charge in [-0.25, -0.2) is 4.79 Å². The highest BCUT2D eigenvalue weighted by Gasteiger charge is 2.08. The SMILES string of the molecule is O=C(Oc1ccoc1)Oc1ccoc1. The lowest BCUT2D eigenvalue weighted by Gasteiger charge is -1.99. The van der Waals surface area contributed by atoms with Crippen LogP contribution in [0.1, 0.15) is 0 Å². The molecule has 0 spiro atoms. The largest absolute Gasteiger partial charge is 0.519 e. The molecule has 0 radical (unpaired) electrons. The van der Waals surface area contributed by atoms with E-state index in [0.29, 0.717) is 11.5 Å². The Kier molecular flexibility index (Phi) is 2.22. The molecule has 0 unspecified atom stereocenters. The van der Waals surface area contributed by atoms with Crippen LogP contribution in [0.25, 0.3) is 0 Å². The van der Waals surface area contributed by atoms with Crippen LogP contribution in [0.3, 0.4) is 0 Å². The molecule has 0 aliphatic carbocycles. The lowest BCUT2D eigenvalue weighted by Crippen LogP contribution is -2.12. The molecule has 0 aromatic carbocycles. The van der Waals surface area contributed by atoms with E-state index in [0.717, 1.165) is 0 Å². The van der Waals surface area contributed by atoms with E-state index in [4.69, 9.17) is 18.3 Å². The van der Waals surface area contributed by atoms with E-state index in [1.165, 1.54) is 37.2 Å². The summed E-state index contributed by atoms with van der Waals surface area (Å²) >= 11 is 0. The van der Waals surface area contributed by atoms with Gasteiger partial charge in [0.2, 0.25) is 0 Å². The normalized spacial score (nSPS) is 9.71. The molecule has 5 heteroatoms. The van der Waals surface area contributed by atoms with Crippen LogP contribution < -0.4 is 9.47 Å². The fourth-order valence-corrected chi connectivity index (χ4v) is 0.833. The molecular weight excluding hydrogens is 188 g/mol. The van der Waals surface area contributed by atoms with Crippen molar-refractivity contribution in [3.8, 4) is 11.5 Å². The van der Waals surface area contributed by atoms with Crippen molar-refractivity contribution in [3.05, 3.63) is 37.2 Å². The molecule has 2 aromatic heterocycles. The minimum Gasteiger partial charge on any atom is -0.469 e. The minimum absolute atomic E-state index is 0.290. The maximum Gasteiger partial charge on any atom is 0.519 e. The van der Waals surface area contributed by atoms with Gasteiger partial charge in [-0.05, 0) is 0 Å². The van der Waals surface area contributed by atoms with Gasteiger partial charge in [-0.2, -0.15) is 0 Å². The van der Waals surface area contributed by atoms with Gasteiger partial charge in [0, 0.05) is 12.1 Å². The van der Waals surface area contributed by atoms with Crippen molar-refractivity contribution in [1.82, 2.24) is 0 Å². The predicted octanol–water partition coefficient (Wildman–Crippen LogP) is 2.45. The first-order valence-corrected chi connectivity index (χ1v) is 3.78. The molecular formula is C9H6O5. The number of hydrogen-bond acceptors (Lipinski definition) is 5. The fraction of sp³-hybridized carbons (Fsp3) is 0. The third kappa shape index (κ3) is 1.95. The Morgan fingerprint density at radius 2 is 1.50 bits per heavy atom. The second-order valence-corrected chi connectivity index (χ2v) is 2.37. The first-order chi connectivity index (χ1) is 6.84. The molecule has 0 aliphatic rings. The summed E-state index contributed by atoms with van der Waals surface area (Å²) in [6, 6.07) is 2.99. The molecule has 2 heterocycles. The second kappa shape index (κ2) is 3.69. The van der Waals surface area contributed by atoms with Gasteiger partial charge >= 0.3 is 6.16 Å². The third-order valence-electron chi connectivity index (χ3n) is 1.39. The molecule has 14 heavy (non-hydrogen) atoms. The standard InChI is InChI=1S/C9H6O5/c10-9(13-7-1-3-11-5-7)14-8-2-4-12-6-8/h1-6H. The summed E-state index contributed by atoms with van der Waals surface area (Å²) in [5, 5.41) is 0. The summed E-state index contributed by atoms with van der Waals surface area (Å²) in [6.07, 6.45) is 4.52. The first-order valence-electron chi connectivity index (χ1n) is 3.78. The first kappa shape index (κ1) is 8.43. The Labute approximate surface area is 78.8 Å². The molecule has 2 rings (SSSR count). The van der Waals surface area contributed by atoms with E-state index < -0.39 is 6.16 Å². The Hall–Kier alpha value is -2.17. The summed E-state index contributed by atoms with van der Waals surface area (Å²) in [6.45, 7) is 0. The topological polar surface area (TPSA) is 61.8 Å². The van der Waals surface area contributed by atoms with Crippen molar-refractivity contribution in [2.45, 2.75) is 0 Å². The number of furan rings is 2. The lowest BCUT2D eigenvalue weighted by molar-refractivity contribution is 0.151. The Bertz CT molecular complexity index is 349. The molecule has 0 bridgehead atoms. The van der Waals surface area contributed by atoms with Crippen LogP contribution in [0.4, 0.5) is 4.79 Å². The van der Waals surface area contributed by atoms with E-state index in [2.05, 4.69) is 0 Å². The Morgan fingerprint density at radius 3 is 1.86 bits per heavy atom. The highest BCUT2D eigenvalue weighted by molar-refractivity contribution is 5.66. The molecule has 0 aliphatic heterocycles. The van der Waals surface area contributed by atoms with Gasteiger partial charge in [0.05, 0.1) is 12.5 Å². The Balaban J connectivity index is 1.91. The van der Waals surface area contributed by atoms with E-state index in [1.54, 1.807) is 0 Å². The van der Waals surface area contributed by atoms with E-state index in [9.17, 15) is 4.79 Å². The maximum atomic E-state index is 11.0. The van der Waals surface area contributed by atoms with Crippen LogP contribution in [0.15, 0.2) is 46.0 Å². The van der Waals surface area contributed by atoms with E-state index in [-0.39, 0.29) is 0 Å². The van der Waals surface area contributed by atoms with E-state index >= 15 is 0 Å². The summed E-state index contributed by atoms with van der Waals surface area (Å²) in [5.74, 6) is 0.581. The molecule has 0 saturated heterocycles. The number of ether oxygens (including phenoxy) is 2.